The second-order valence-electron chi connectivity index (χ2n) is 11.6. The van der Waals surface area contributed by atoms with Crippen LogP contribution in [0.15, 0.2) is 47.2 Å². The van der Waals surface area contributed by atoms with Crippen LogP contribution in [0.3, 0.4) is 0 Å². The number of nitrogens with zero attached hydrogens (tertiary/aromatic N) is 2. The number of hydrogen-bond acceptors (Lipinski definition) is 11. The Kier molecular flexibility index (Phi) is 6.94. The quantitative estimate of drug-likeness (QED) is 0.148. The molecule has 1 amide bonds. The lowest BCUT2D eigenvalue weighted by Gasteiger charge is -2.50. The molecule has 3 aliphatic carbocycles. The number of benzene rings is 2. The summed E-state index contributed by atoms with van der Waals surface area (Å²) in [6.45, 7) is 0.328. The number of rotatable bonds is 6. The number of likely N-dealkylation sites (N-methyl/N-ethyl adjacent to an activating group) is 1. The summed E-state index contributed by atoms with van der Waals surface area (Å²) in [5, 5.41) is 49.0. The number of carbonyl (C=O) groups is 3. The molecule has 9 N–H and O–H groups in total. The molecular weight excluding hydrogens is 542 g/mol. The van der Waals surface area contributed by atoms with Crippen molar-refractivity contribution in [2.75, 3.05) is 44.1 Å². The highest BCUT2D eigenvalue weighted by molar-refractivity contribution is 6.24. The van der Waals surface area contributed by atoms with E-state index >= 15 is 0 Å². The van der Waals surface area contributed by atoms with Crippen LogP contribution in [-0.4, -0.2) is 82.6 Å². The maximum absolute atomic E-state index is 14.1. The number of anilines is 3. The molecule has 1 saturated carbocycles. The van der Waals surface area contributed by atoms with E-state index < -0.39 is 58.0 Å². The van der Waals surface area contributed by atoms with Gasteiger partial charge in [0.25, 0.3) is 5.91 Å². The van der Waals surface area contributed by atoms with Gasteiger partial charge in [0.1, 0.15) is 22.8 Å². The lowest BCUT2D eigenvalue weighted by atomic mass is 9.57. The van der Waals surface area contributed by atoms with E-state index in [4.69, 9.17) is 11.5 Å². The standard InChI is InChI=1S/C30H35N5O7/c1-34(2)19-11-18(33-12-13-5-7-15(31)8-6-13)24(36)21-16(19)9-14-10-17-23(35(3)4)26(38)22(29(32)41)28(40)30(17,42)27(39)20(14)25(21)37/h5-8,11,14,17,23,33,36-37,40,42H,9-10,12,31H2,1-4H3,(H2,32,41)/t14-,17-,23-,30-/m0/s1. The van der Waals surface area contributed by atoms with Crippen LogP contribution in [0, 0.1) is 11.8 Å². The Labute approximate surface area is 242 Å². The number of nitrogen functional groups attached to an aromatic ring is 1. The Bertz CT molecular complexity index is 1580. The van der Waals surface area contributed by atoms with Gasteiger partial charge in [-0.15, -0.1) is 0 Å². The monoisotopic (exact) mass is 577 g/mol. The van der Waals surface area contributed by atoms with Crippen molar-refractivity contribution in [1.29, 1.82) is 0 Å². The number of amides is 1. The van der Waals surface area contributed by atoms with Crippen molar-refractivity contribution in [2.45, 2.75) is 31.0 Å². The second-order valence-corrected chi connectivity index (χ2v) is 11.6. The van der Waals surface area contributed by atoms with Crippen molar-refractivity contribution >= 4 is 40.3 Å². The SMILES string of the molecule is CN(C)c1cc(NCc2ccc(N)cc2)c(O)c2c1C[C@H]1C[C@H]3[C@H](N(C)C)C(=O)C(C(N)=O)=C(O)[C@@]3(O)C(=O)C1=C2O. The number of carbonyl (C=O) groups excluding carboxylic acids is 3. The van der Waals surface area contributed by atoms with Gasteiger partial charge in [0.2, 0.25) is 5.78 Å². The van der Waals surface area contributed by atoms with Crippen LogP contribution in [0.4, 0.5) is 17.1 Å². The third-order valence-electron chi connectivity index (χ3n) is 8.64. The molecule has 0 bridgehead atoms. The Hall–Kier alpha value is -4.55. The Morgan fingerprint density at radius 3 is 2.31 bits per heavy atom. The molecule has 0 aliphatic heterocycles. The van der Waals surface area contributed by atoms with E-state index in [9.17, 15) is 34.8 Å². The first kappa shape index (κ1) is 29.0. The number of aliphatic hydroxyl groups is 3. The Morgan fingerprint density at radius 2 is 1.74 bits per heavy atom. The molecule has 12 heteroatoms. The van der Waals surface area contributed by atoms with Crippen molar-refractivity contribution in [2.24, 2.45) is 17.6 Å². The number of fused-ring (bicyclic) bond motifs is 3. The number of nitrogens with two attached hydrogens (primary N) is 2. The van der Waals surface area contributed by atoms with Crippen LogP contribution in [0.1, 0.15) is 23.1 Å². The minimum absolute atomic E-state index is 0.0243. The molecule has 0 heterocycles. The first-order chi connectivity index (χ1) is 19.7. The fraction of sp³-hybridized carbons (Fsp3) is 0.367. The maximum atomic E-state index is 14.1. The van der Waals surface area contributed by atoms with Gasteiger partial charge in [0.05, 0.1) is 17.3 Å². The summed E-state index contributed by atoms with van der Waals surface area (Å²) in [6.07, 6.45) is 0.227. The van der Waals surface area contributed by atoms with Crippen molar-refractivity contribution in [3.63, 3.8) is 0 Å². The summed E-state index contributed by atoms with van der Waals surface area (Å²) >= 11 is 0. The van der Waals surface area contributed by atoms with Gasteiger partial charge in [-0.2, -0.15) is 0 Å². The highest BCUT2D eigenvalue weighted by Gasteiger charge is 2.64. The minimum atomic E-state index is -2.68. The second kappa shape index (κ2) is 10.1. The van der Waals surface area contributed by atoms with Crippen LogP contribution >= 0.6 is 0 Å². The van der Waals surface area contributed by atoms with E-state index in [0.29, 0.717) is 29.2 Å². The zero-order valence-corrected chi connectivity index (χ0v) is 23.8. The minimum Gasteiger partial charge on any atom is -0.508 e. The van der Waals surface area contributed by atoms with Gasteiger partial charge in [0.15, 0.2) is 11.4 Å². The number of phenolic OH excluding ortho intramolecular Hbond substituents is 1. The Morgan fingerprint density at radius 1 is 1.10 bits per heavy atom. The van der Waals surface area contributed by atoms with Gasteiger partial charge in [-0.25, -0.2) is 0 Å². The molecule has 0 saturated heterocycles. The number of hydrogen-bond donors (Lipinski definition) is 7. The molecule has 4 atom stereocenters. The number of primary amides is 1. The topological polar surface area (TPSA) is 203 Å². The zero-order valence-electron chi connectivity index (χ0n) is 23.8. The summed E-state index contributed by atoms with van der Waals surface area (Å²) in [5.74, 6) is -6.84. The first-order valence-electron chi connectivity index (χ1n) is 13.5. The summed E-state index contributed by atoms with van der Waals surface area (Å²) in [4.78, 5) is 42.8. The molecule has 222 valence electrons. The summed E-state index contributed by atoms with van der Waals surface area (Å²) in [6, 6.07) is 7.80. The molecule has 5 rings (SSSR count). The number of aromatic hydroxyl groups is 1. The van der Waals surface area contributed by atoms with Crippen molar-refractivity contribution in [3.8, 4) is 5.75 Å². The molecule has 12 nitrogen and oxygen atoms in total. The predicted octanol–water partition coefficient (Wildman–Crippen LogP) is 1.22. The van der Waals surface area contributed by atoms with Gasteiger partial charge >= 0.3 is 0 Å². The first-order valence-corrected chi connectivity index (χ1v) is 13.5. The van der Waals surface area contributed by atoms with Crippen LogP contribution in [-0.2, 0) is 27.3 Å². The summed E-state index contributed by atoms with van der Waals surface area (Å²) in [7, 11) is 6.75. The predicted molar refractivity (Wildman–Crippen MR) is 157 cm³/mol. The van der Waals surface area contributed by atoms with E-state index in [-0.39, 0.29) is 29.7 Å². The third-order valence-corrected chi connectivity index (χ3v) is 8.64. The summed E-state index contributed by atoms with van der Waals surface area (Å²) < 4.78 is 0. The maximum Gasteiger partial charge on any atom is 0.255 e. The van der Waals surface area contributed by atoms with Crippen LogP contribution in [0.2, 0.25) is 0 Å². The average Bonchev–Trinajstić information content (AvgIpc) is 2.90. The lowest BCUT2D eigenvalue weighted by molar-refractivity contribution is -0.153. The number of phenols is 1. The number of nitrogens with one attached hydrogen (secondary N) is 1. The summed E-state index contributed by atoms with van der Waals surface area (Å²) in [5.41, 5.74) is 10.5. The van der Waals surface area contributed by atoms with Crippen molar-refractivity contribution < 1.29 is 34.8 Å². The van der Waals surface area contributed by atoms with Gasteiger partial charge < -0.3 is 42.1 Å². The molecule has 0 spiro atoms. The van der Waals surface area contributed by atoms with E-state index in [1.807, 2.05) is 31.1 Å². The Balaban J connectivity index is 1.66. The molecule has 3 aliphatic rings. The zero-order chi connectivity index (χ0) is 30.8. The van der Waals surface area contributed by atoms with Crippen molar-refractivity contribution in [3.05, 3.63) is 63.9 Å². The molecule has 0 radical (unpaired) electrons. The molecule has 1 fully saturated rings. The van der Waals surface area contributed by atoms with Crippen LogP contribution in [0.5, 0.6) is 5.75 Å². The highest BCUT2D eigenvalue weighted by Crippen LogP contribution is 2.54. The van der Waals surface area contributed by atoms with Gasteiger partial charge in [-0.1, -0.05) is 12.1 Å². The van der Waals surface area contributed by atoms with Crippen molar-refractivity contribution in [1.82, 2.24) is 4.90 Å². The third kappa shape index (κ3) is 4.17. The van der Waals surface area contributed by atoms with E-state index in [0.717, 1.165) is 5.56 Å². The number of aliphatic hydroxyl groups excluding tert-OH is 2. The van der Waals surface area contributed by atoms with E-state index in [1.54, 1.807) is 32.3 Å². The molecular formula is C30H35N5O7. The molecule has 42 heavy (non-hydrogen) atoms. The fourth-order valence-corrected chi connectivity index (χ4v) is 6.66. The van der Waals surface area contributed by atoms with Gasteiger partial charge in [-0.05, 0) is 62.2 Å². The van der Waals surface area contributed by atoms with Gasteiger partial charge in [0, 0.05) is 43.5 Å². The highest BCUT2D eigenvalue weighted by atomic mass is 16.3. The van der Waals surface area contributed by atoms with E-state index in [2.05, 4.69) is 5.32 Å². The average molecular weight is 578 g/mol. The van der Waals surface area contributed by atoms with Crippen LogP contribution in [0.25, 0.3) is 5.76 Å². The lowest BCUT2D eigenvalue weighted by Crippen LogP contribution is -2.65. The number of ketones is 2. The molecule has 2 aromatic carbocycles. The number of Topliss-reactive ketones (excluding diaryl/α,β-unsaturated/α-hetero) is 2. The smallest absolute Gasteiger partial charge is 0.255 e. The molecule has 0 aromatic heterocycles. The normalized spacial score (nSPS) is 25.2. The molecule has 2 aromatic rings. The van der Waals surface area contributed by atoms with E-state index in [1.165, 1.54) is 4.90 Å². The fourth-order valence-electron chi connectivity index (χ4n) is 6.66. The largest absolute Gasteiger partial charge is 0.508 e. The molecule has 0 unspecified atom stereocenters. The van der Waals surface area contributed by atoms with Gasteiger partial charge in [-0.3, -0.25) is 19.3 Å². The van der Waals surface area contributed by atoms with Crippen LogP contribution < -0.4 is 21.7 Å².